The molecule has 0 radical (unpaired) electrons. The molecule has 6 N–H and O–H groups in total. The summed E-state index contributed by atoms with van der Waals surface area (Å²) >= 11 is 0. The quantitative estimate of drug-likeness (QED) is 0.386. The van der Waals surface area contributed by atoms with Crippen LogP contribution in [0.5, 0.6) is 5.75 Å². The van der Waals surface area contributed by atoms with Crippen LogP contribution in [0.25, 0.3) is 0 Å². The molecule has 3 atom stereocenters. The Kier molecular flexibility index (Phi) is 9.62. The maximum atomic E-state index is 15.0. The van der Waals surface area contributed by atoms with Gasteiger partial charge in [0.25, 0.3) is 11.8 Å². The molecule has 0 spiro atoms. The lowest BCUT2D eigenvalue weighted by molar-refractivity contribution is -0.157. The number of methoxy groups -OCH3 is 1. The van der Waals surface area contributed by atoms with Crippen molar-refractivity contribution < 1.29 is 23.5 Å². The minimum Gasteiger partial charge on any atom is -0.494 e. The molecule has 12 heteroatoms. The molecule has 1 saturated carbocycles. The van der Waals surface area contributed by atoms with Crippen molar-refractivity contribution in [2.24, 2.45) is 17.2 Å². The average Bonchev–Trinajstić information content (AvgIpc) is 3.20. The van der Waals surface area contributed by atoms with Crippen LogP contribution in [0.1, 0.15) is 57.8 Å². The highest BCUT2D eigenvalue weighted by Crippen LogP contribution is 2.37. The minimum atomic E-state index is -1.26. The van der Waals surface area contributed by atoms with Gasteiger partial charge in [0.15, 0.2) is 23.9 Å². The van der Waals surface area contributed by atoms with Crippen LogP contribution in [-0.4, -0.2) is 90.2 Å². The lowest BCUT2D eigenvalue weighted by Gasteiger charge is -2.57. The fraction of sp³-hybridized carbons (Fsp3) is 0.667. The van der Waals surface area contributed by atoms with Crippen LogP contribution in [0.4, 0.5) is 10.1 Å². The molecule has 2 aliphatic heterocycles. The van der Waals surface area contributed by atoms with Crippen LogP contribution < -0.4 is 26.8 Å². The van der Waals surface area contributed by atoms with Gasteiger partial charge in [-0.15, -0.1) is 0 Å². The van der Waals surface area contributed by atoms with E-state index in [9.17, 15) is 18.8 Å². The van der Waals surface area contributed by atoms with Crippen molar-refractivity contribution in [1.82, 2.24) is 14.7 Å². The van der Waals surface area contributed by atoms with Gasteiger partial charge in [0.1, 0.15) is 6.17 Å². The van der Waals surface area contributed by atoms with Gasteiger partial charge in [-0.25, -0.2) is 14.2 Å². The zero-order valence-corrected chi connectivity index (χ0v) is 22.8. The molecular formula is C27H42FN7O4. The van der Waals surface area contributed by atoms with E-state index in [-0.39, 0.29) is 17.5 Å². The molecule has 3 aliphatic rings. The molecule has 3 amide bonds. The number of piperidine rings is 1. The molecule has 1 aliphatic carbocycles. The van der Waals surface area contributed by atoms with Crippen molar-refractivity contribution in [1.29, 1.82) is 0 Å². The Hall–Kier alpha value is -2.96. The molecular weight excluding hydrogens is 505 g/mol. The van der Waals surface area contributed by atoms with Gasteiger partial charge in [0.2, 0.25) is 5.91 Å². The maximum Gasteiger partial charge on any atom is 0.255 e. The second kappa shape index (κ2) is 12.9. The predicted octanol–water partition coefficient (Wildman–Crippen LogP) is 0.901. The van der Waals surface area contributed by atoms with Gasteiger partial charge in [0.05, 0.1) is 7.11 Å². The number of carbonyl (C=O) groups excluding carboxylic acids is 3. The number of nitrogens with two attached hydrogens (primary N) is 3. The van der Waals surface area contributed by atoms with Crippen LogP contribution >= 0.6 is 0 Å². The molecule has 3 unspecified atom stereocenters. The van der Waals surface area contributed by atoms with Gasteiger partial charge in [-0.1, -0.05) is 32.1 Å². The minimum absolute atomic E-state index is 0.0135. The summed E-state index contributed by atoms with van der Waals surface area (Å²) in [6, 6.07) is 3.99. The first-order valence-corrected chi connectivity index (χ1v) is 14.0. The van der Waals surface area contributed by atoms with Crippen LogP contribution in [-0.2, 0) is 14.4 Å². The van der Waals surface area contributed by atoms with Gasteiger partial charge in [-0.05, 0) is 50.9 Å². The van der Waals surface area contributed by atoms with E-state index in [1.54, 1.807) is 15.9 Å². The number of hydrogen-bond acceptors (Lipinski definition) is 8. The molecule has 4 rings (SSSR count). The van der Waals surface area contributed by atoms with Crippen molar-refractivity contribution in [3.63, 3.8) is 0 Å². The van der Waals surface area contributed by atoms with Gasteiger partial charge >= 0.3 is 0 Å². The fourth-order valence-electron chi connectivity index (χ4n) is 6.51. The van der Waals surface area contributed by atoms with Crippen molar-refractivity contribution in [2.45, 2.75) is 82.3 Å². The molecule has 39 heavy (non-hydrogen) atoms. The molecule has 0 aromatic heterocycles. The monoisotopic (exact) mass is 547 g/mol. The Morgan fingerprint density at radius 3 is 1.97 bits per heavy atom. The number of anilines is 1. The highest BCUT2D eigenvalue weighted by Gasteiger charge is 2.54. The van der Waals surface area contributed by atoms with Gasteiger partial charge in [-0.3, -0.25) is 14.4 Å². The van der Waals surface area contributed by atoms with Crippen molar-refractivity contribution in [2.75, 3.05) is 38.2 Å². The smallest absolute Gasteiger partial charge is 0.255 e. The lowest BCUT2D eigenvalue weighted by Crippen LogP contribution is -2.80. The fourth-order valence-corrected chi connectivity index (χ4v) is 6.51. The number of primary amides is 3. The molecule has 1 aromatic rings. The van der Waals surface area contributed by atoms with Crippen LogP contribution in [0.15, 0.2) is 18.2 Å². The zero-order valence-electron chi connectivity index (χ0n) is 22.8. The molecule has 2 saturated heterocycles. The molecule has 216 valence electrons. The number of rotatable bonds is 9. The Morgan fingerprint density at radius 1 is 0.846 bits per heavy atom. The summed E-state index contributed by atoms with van der Waals surface area (Å²) in [6.45, 7) is 2.71. The average molecular weight is 548 g/mol. The summed E-state index contributed by atoms with van der Waals surface area (Å²) in [6.07, 6.45) is 5.12. The lowest BCUT2D eigenvalue weighted by atomic mass is 10.00. The van der Waals surface area contributed by atoms with Gasteiger partial charge in [-0.2, -0.15) is 0 Å². The van der Waals surface area contributed by atoms with E-state index in [1.807, 2.05) is 0 Å². The predicted molar refractivity (Wildman–Crippen MR) is 145 cm³/mol. The Bertz CT molecular complexity index is 1030. The van der Waals surface area contributed by atoms with Crippen LogP contribution in [0, 0.1) is 5.82 Å². The Balaban J connectivity index is 1.84. The second-order valence-corrected chi connectivity index (χ2v) is 10.8. The summed E-state index contributed by atoms with van der Waals surface area (Å²) in [5, 5.41) is 0. The molecule has 2 heterocycles. The number of hydrogen-bond donors (Lipinski definition) is 3. The number of amides is 3. The summed E-state index contributed by atoms with van der Waals surface area (Å²) in [4.78, 5) is 46.8. The second-order valence-electron chi connectivity index (χ2n) is 10.8. The third-order valence-electron chi connectivity index (χ3n) is 8.29. The molecule has 0 bridgehead atoms. The normalized spacial score (nSPS) is 26.2. The third-order valence-corrected chi connectivity index (χ3v) is 8.29. The third kappa shape index (κ3) is 6.28. The molecule has 11 nitrogen and oxygen atoms in total. The van der Waals surface area contributed by atoms with Crippen molar-refractivity contribution >= 4 is 23.4 Å². The maximum absolute atomic E-state index is 15.0. The van der Waals surface area contributed by atoms with E-state index in [1.165, 1.54) is 30.6 Å². The summed E-state index contributed by atoms with van der Waals surface area (Å²) in [7, 11) is 1.35. The van der Waals surface area contributed by atoms with Crippen LogP contribution in [0.3, 0.4) is 0 Å². The largest absolute Gasteiger partial charge is 0.494 e. The number of likely N-dealkylation sites (tertiary alicyclic amines) is 1. The van der Waals surface area contributed by atoms with Gasteiger partial charge in [0, 0.05) is 30.9 Å². The Labute approximate surface area is 229 Å². The van der Waals surface area contributed by atoms with Crippen LogP contribution in [0.2, 0.25) is 0 Å². The highest BCUT2D eigenvalue weighted by molar-refractivity contribution is 5.92. The van der Waals surface area contributed by atoms with E-state index in [4.69, 9.17) is 21.9 Å². The SMILES string of the molecule is COc1ccc(N2C(C(N)=O)N(CCN3CCCCC3)C(C(N)=O)N(C3CCCCCC3)C2C(N)=O)cc1F. The van der Waals surface area contributed by atoms with Crippen molar-refractivity contribution in [3.05, 3.63) is 24.0 Å². The van der Waals surface area contributed by atoms with E-state index in [0.29, 0.717) is 13.1 Å². The molecule has 1 aromatic carbocycles. The number of benzene rings is 1. The summed E-state index contributed by atoms with van der Waals surface area (Å²) < 4.78 is 20.0. The summed E-state index contributed by atoms with van der Waals surface area (Å²) in [5.74, 6) is -2.90. The topological polar surface area (TPSA) is 151 Å². The van der Waals surface area contributed by atoms with E-state index >= 15 is 0 Å². The standard InChI is InChI=1S/C27H42FN7O4/c1-39-21-12-11-19(17-20(21)28)35-26(23(30)37)33(16-15-32-13-7-4-8-14-32)25(22(29)36)34(27(35)24(31)38)18-9-5-2-3-6-10-18/h11-12,17-18,25-27H,2-10,13-16H2,1H3,(H2,29,36)(H2,30,37)(H2,31,38). The first-order chi connectivity index (χ1) is 18.7. The molecule has 3 fully saturated rings. The number of ether oxygens (including phenoxy) is 1. The first kappa shape index (κ1) is 29.0. The van der Waals surface area contributed by atoms with E-state index in [0.717, 1.165) is 64.5 Å². The number of halogens is 1. The highest BCUT2D eigenvalue weighted by atomic mass is 19.1. The first-order valence-electron chi connectivity index (χ1n) is 14.0. The Morgan fingerprint density at radius 2 is 1.44 bits per heavy atom. The van der Waals surface area contributed by atoms with E-state index in [2.05, 4.69) is 4.90 Å². The zero-order chi connectivity index (χ0) is 28.1. The van der Waals surface area contributed by atoms with E-state index < -0.39 is 42.0 Å². The number of nitrogens with zero attached hydrogens (tertiary/aromatic N) is 4. The van der Waals surface area contributed by atoms with Crippen molar-refractivity contribution in [3.8, 4) is 5.75 Å². The van der Waals surface area contributed by atoms with Gasteiger partial charge < -0.3 is 31.7 Å². The number of carbonyl (C=O) groups is 3. The summed E-state index contributed by atoms with van der Waals surface area (Å²) in [5.41, 5.74) is 18.3.